The molecular weight excluding hydrogens is 391 g/mol. The molecule has 0 unspecified atom stereocenters. The van der Waals surface area contributed by atoms with Gasteiger partial charge in [-0.3, -0.25) is 4.79 Å². The molecule has 2 aromatic carbocycles. The Morgan fingerprint density at radius 2 is 1.40 bits per heavy atom. The van der Waals surface area contributed by atoms with Gasteiger partial charge in [0, 0.05) is 6.08 Å². The Hall–Kier alpha value is -3.61. The van der Waals surface area contributed by atoms with Crippen molar-refractivity contribution < 1.29 is 32.9 Å². The molecule has 2 rings (SSSR count). The van der Waals surface area contributed by atoms with E-state index < -0.39 is 24.2 Å². The fourth-order valence-corrected chi connectivity index (χ4v) is 2.33. The molecule has 0 saturated carbocycles. The second kappa shape index (κ2) is 12.1. The summed E-state index contributed by atoms with van der Waals surface area (Å²) in [6.45, 7) is -0.413. The van der Waals surface area contributed by atoms with Crippen molar-refractivity contribution in [2.75, 3.05) is 27.9 Å². The first-order valence-electron chi connectivity index (χ1n) is 8.58. The molecule has 0 bridgehead atoms. The van der Waals surface area contributed by atoms with E-state index >= 15 is 0 Å². The van der Waals surface area contributed by atoms with E-state index in [0.29, 0.717) is 22.6 Å². The van der Waals surface area contributed by atoms with Crippen LogP contribution in [0.4, 0.5) is 4.39 Å². The lowest BCUT2D eigenvalue weighted by molar-refractivity contribution is -0.141. The van der Waals surface area contributed by atoms with E-state index in [-0.39, 0.29) is 13.2 Å². The van der Waals surface area contributed by atoms with Crippen LogP contribution in [-0.4, -0.2) is 39.7 Å². The summed E-state index contributed by atoms with van der Waals surface area (Å²) in [5, 5.41) is 0. The molecule has 0 atom stereocenters. The average Bonchev–Trinajstić information content (AvgIpc) is 2.75. The molecule has 2 aromatic rings. The van der Waals surface area contributed by atoms with Gasteiger partial charge in [-0.2, -0.15) is 0 Å². The van der Waals surface area contributed by atoms with E-state index in [1.54, 1.807) is 18.2 Å². The number of hydrogen-bond acceptors (Lipinski definition) is 6. The van der Waals surface area contributed by atoms with Crippen LogP contribution in [0.25, 0.3) is 12.2 Å². The summed E-state index contributed by atoms with van der Waals surface area (Å²) in [7, 11) is 4.40. The molecule has 6 nitrogen and oxygen atoms in total. The zero-order valence-corrected chi connectivity index (χ0v) is 16.3. The van der Waals surface area contributed by atoms with Gasteiger partial charge in [0.2, 0.25) is 0 Å². The SMILES string of the molecule is C.COc1cc(/C=C/C(=O)COC(=O)/C=C/c2ccc(OC)c(OC)c2)ccc1F. The summed E-state index contributed by atoms with van der Waals surface area (Å²) < 4.78 is 33.5. The van der Waals surface area contributed by atoms with E-state index in [4.69, 9.17) is 18.9 Å². The number of methoxy groups -OCH3 is 3. The molecule has 0 aliphatic heterocycles. The van der Waals surface area contributed by atoms with Gasteiger partial charge in [0.15, 0.2) is 35.5 Å². The van der Waals surface area contributed by atoms with Crippen LogP contribution >= 0.6 is 0 Å². The molecule has 0 aromatic heterocycles. The molecule has 7 heteroatoms. The smallest absolute Gasteiger partial charge is 0.331 e. The summed E-state index contributed by atoms with van der Waals surface area (Å²) in [6.07, 6.45) is 5.48. The highest BCUT2D eigenvalue weighted by atomic mass is 19.1. The fourth-order valence-electron chi connectivity index (χ4n) is 2.33. The van der Waals surface area contributed by atoms with E-state index in [9.17, 15) is 14.0 Å². The molecule has 0 saturated heterocycles. The monoisotopic (exact) mass is 416 g/mol. The van der Waals surface area contributed by atoms with Crippen LogP contribution in [0.1, 0.15) is 18.6 Å². The lowest BCUT2D eigenvalue weighted by atomic mass is 10.2. The Labute approximate surface area is 175 Å². The predicted octanol–water partition coefficient (Wildman–Crippen LogP) is 4.33. The number of ether oxygens (including phenoxy) is 4. The molecule has 0 fully saturated rings. The largest absolute Gasteiger partial charge is 0.494 e. The van der Waals surface area contributed by atoms with E-state index in [1.807, 2.05) is 0 Å². The second-order valence-electron chi connectivity index (χ2n) is 5.75. The summed E-state index contributed by atoms with van der Waals surface area (Å²) in [4.78, 5) is 23.6. The molecule has 30 heavy (non-hydrogen) atoms. The lowest BCUT2D eigenvalue weighted by Crippen LogP contribution is -2.09. The molecule has 0 spiro atoms. The molecule has 0 radical (unpaired) electrons. The number of carbonyl (C=O) groups is 2. The first-order valence-corrected chi connectivity index (χ1v) is 8.58. The van der Waals surface area contributed by atoms with Crippen LogP contribution < -0.4 is 14.2 Å². The maximum absolute atomic E-state index is 13.4. The number of carbonyl (C=O) groups excluding carboxylic acids is 2. The van der Waals surface area contributed by atoms with Crippen molar-refractivity contribution in [2.24, 2.45) is 0 Å². The highest BCUT2D eigenvalue weighted by Crippen LogP contribution is 2.28. The third-order valence-electron chi connectivity index (χ3n) is 3.81. The molecular formula is C23H25FO6. The van der Waals surface area contributed by atoms with Gasteiger partial charge in [-0.1, -0.05) is 25.6 Å². The predicted molar refractivity (Wildman–Crippen MR) is 113 cm³/mol. The number of benzene rings is 2. The Morgan fingerprint density at radius 1 is 0.833 bits per heavy atom. The third-order valence-corrected chi connectivity index (χ3v) is 3.81. The van der Waals surface area contributed by atoms with E-state index in [1.165, 1.54) is 63.8 Å². The number of esters is 1. The Bertz CT molecular complexity index is 933. The molecule has 0 aliphatic carbocycles. The normalized spacial score (nSPS) is 10.5. The van der Waals surface area contributed by atoms with E-state index in [2.05, 4.69) is 0 Å². The first-order chi connectivity index (χ1) is 14.0. The minimum atomic E-state index is -0.662. The Morgan fingerprint density at radius 3 is 2.03 bits per heavy atom. The third kappa shape index (κ3) is 7.09. The van der Waals surface area contributed by atoms with Gasteiger partial charge in [-0.15, -0.1) is 0 Å². The van der Waals surface area contributed by atoms with E-state index in [0.717, 1.165) is 0 Å². The Balaban J connectivity index is 0.00000450. The van der Waals surface area contributed by atoms with Gasteiger partial charge < -0.3 is 18.9 Å². The number of rotatable bonds is 9. The minimum Gasteiger partial charge on any atom is -0.494 e. The topological polar surface area (TPSA) is 71.1 Å². The van der Waals surface area contributed by atoms with Gasteiger partial charge in [-0.25, -0.2) is 9.18 Å². The fraction of sp³-hybridized carbons (Fsp3) is 0.217. The zero-order chi connectivity index (χ0) is 21.2. The van der Waals surface area contributed by atoms with Crippen molar-refractivity contribution in [1.82, 2.24) is 0 Å². The van der Waals surface area contributed by atoms with Crippen LogP contribution in [0.15, 0.2) is 48.6 Å². The molecule has 0 aliphatic rings. The zero-order valence-electron chi connectivity index (χ0n) is 16.3. The Kier molecular flexibility index (Phi) is 9.82. The van der Waals surface area contributed by atoms with Crippen LogP contribution in [0, 0.1) is 5.82 Å². The molecule has 0 amide bonds. The summed E-state index contributed by atoms with van der Waals surface area (Å²) in [5.74, 6) is -0.396. The van der Waals surface area contributed by atoms with Crippen LogP contribution in [-0.2, 0) is 14.3 Å². The number of ketones is 1. The minimum absolute atomic E-state index is 0. The van der Waals surface area contributed by atoms with Crippen molar-refractivity contribution in [3.63, 3.8) is 0 Å². The summed E-state index contributed by atoms with van der Waals surface area (Å²) >= 11 is 0. The highest BCUT2D eigenvalue weighted by Gasteiger charge is 2.06. The van der Waals surface area contributed by atoms with Crippen LogP contribution in [0.5, 0.6) is 17.2 Å². The maximum atomic E-state index is 13.4. The van der Waals surface area contributed by atoms with Crippen molar-refractivity contribution in [2.45, 2.75) is 7.43 Å². The summed E-state index contributed by atoms with van der Waals surface area (Å²) in [6, 6.07) is 9.35. The summed E-state index contributed by atoms with van der Waals surface area (Å²) in [5.41, 5.74) is 1.28. The quantitative estimate of drug-likeness (QED) is 0.448. The van der Waals surface area contributed by atoms with Crippen molar-refractivity contribution >= 4 is 23.9 Å². The van der Waals surface area contributed by atoms with Gasteiger partial charge in [0.1, 0.15) is 0 Å². The van der Waals surface area contributed by atoms with Crippen molar-refractivity contribution in [3.8, 4) is 17.2 Å². The second-order valence-corrected chi connectivity index (χ2v) is 5.75. The average molecular weight is 416 g/mol. The number of hydrogen-bond donors (Lipinski definition) is 0. The van der Waals surface area contributed by atoms with Gasteiger partial charge in [-0.05, 0) is 47.5 Å². The highest BCUT2D eigenvalue weighted by molar-refractivity contribution is 5.96. The van der Waals surface area contributed by atoms with Crippen molar-refractivity contribution in [1.29, 1.82) is 0 Å². The van der Waals surface area contributed by atoms with Gasteiger partial charge in [0.25, 0.3) is 0 Å². The lowest BCUT2D eigenvalue weighted by Gasteiger charge is -2.07. The maximum Gasteiger partial charge on any atom is 0.331 e. The standard InChI is InChI=1S/C22H21FO6.CH4/c1-26-19-10-6-16(13-21(19)28-3)7-11-22(25)29-14-17(24)8-4-15-5-9-18(23)20(12-15)27-2;/h4-13H,14H2,1-3H3;1H4/b8-4+,11-7+;. The molecule has 0 heterocycles. The molecule has 0 N–H and O–H groups in total. The van der Waals surface area contributed by atoms with Crippen molar-refractivity contribution in [3.05, 3.63) is 65.5 Å². The first kappa shape index (κ1) is 24.4. The molecule has 160 valence electrons. The van der Waals surface area contributed by atoms with Crippen LogP contribution in [0.2, 0.25) is 0 Å². The van der Waals surface area contributed by atoms with Crippen LogP contribution in [0.3, 0.4) is 0 Å². The number of halogens is 1. The van der Waals surface area contributed by atoms with Gasteiger partial charge >= 0.3 is 5.97 Å². The van der Waals surface area contributed by atoms with Gasteiger partial charge in [0.05, 0.1) is 21.3 Å².